The summed E-state index contributed by atoms with van der Waals surface area (Å²) in [6.07, 6.45) is 0. The normalized spacial score (nSPS) is 18.8. The second kappa shape index (κ2) is 4.27. The highest BCUT2D eigenvalue weighted by Crippen LogP contribution is 2.25. The third-order valence-corrected chi connectivity index (χ3v) is 2.95. The Hall–Kier alpha value is -1.73. The van der Waals surface area contributed by atoms with Gasteiger partial charge in [-0.3, -0.25) is 0 Å². The van der Waals surface area contributed by atoms with Crippen LogP contribution in [0.4, 0.5) is 11.4 Å². The summed E-state index contributed by atoms with van der Waals surface area (Å²) in [6.45, 7) is 6.55. The van der Waals surface area contributed by atoms with Gasteiger partial charge in [0.15, 0.2) is 0 Å². The van der Waals surface area contributed by atoms with Crippen LogP contribution in [0.5, 0.6) is 0 Å². The summed E-state index contributed by atoms with van der Waals surface area (Å²) in [5.74, 6) is 0. The largest absolute Gasteiger partial charge is 0.398 e. The highest BCUT2D eigenvalue weighted by molar-refractivity contribution is 5.63. The number of benzene rings is 1. The van der Waals surface area contributed by atoms with Crippen LogP contribution in [-0.4, -0.2) is 25.3 Å². The van der Waals surface area contributed by atoms with E-state index in [0.717, 1.165) is 18.8 Å². The first-order chi connectivity index (χ1) is 8.02. The lowest BCUT2D eigenvalue weighted by Crippen LogP contribution is -2.48. The standard InChI is InChI=1S/C13H17N3O/c1-13(2)9-16(5-6-17-13)11-4-3-10(8-14)12(15)7-11/h3-4,7H,5-6,9,15H2,1-2H3. The fourth-order valence-electron chi connectivity index (χ4n) is 2.09. The van der Waals surface area contributed by atoms with Crippen molar-refractivity contribution >= 4 is 11.4 Å². The molecule has 1 fully saturated rings. The molecule has 4 nitrogen and oxygen atoms in total. The zero-order chi connectivity index (χ0) is 12.5. The highest BCUT2D eigenvalue weighted by atomic mass is 16.5. The molecule has 1 aromatic carbocycles. The number of rotatable bonds is 1. The molecule has 90 valence electrons. The molecule has 2 N–H and O–H groups in total. The molecule has 1 saturated heterocycles. The monoisotopic (exact) mass is 231 g/mol. The van der Waals surface area contributed by atoms with Crippen molar-refractivity contribution in [2.75, 3.05) is 30.3 Å². The average molecular weight is 231 g/mol. The molecule has 1 heterocycles. The minimum atomic E-state index is -0.138. The van der Waals surface area contributed by atoms with Crippen molar-refractivity contribution in [2.45, 2.75) is 19.4 Å². The number of hydrogen-bond acceptors (Lipinski definition) is 4. The minimum Gasteiger partial charge on any atom is -0.398 e. The zero-order valence-corrected chi connectivity index (χ0v) is 10.2. The van der Waals surface area contributed by atoms with Gasteiger partial charge in [-0.2, -0.15) is 5.26 Å². The van der Waals surface area contributed by atoms with Crippen LogP contribution in [0.25, 0.3) is 0 Å². The van der Waals surface area contributed by atoms with Crippen LogP contribution >= 0.6 is 0 Å². The average Bonchev–Trinajstić information content (AvgIpc) is 2.27. The van der Waals surface area contributed by atoms with Gasteiger partial charge in [0.1, 0.15) is 6.07 Å². The van der Waals surface area contributed by atoms with E-state index in [9.17, 15) is 0 Å². The summed E-state index contributed by atoms with van der Waals surface area (Å²) in [5.41, 5.74) is 7.81. The molecule has 1 aliphatic rings. The van der Waals surface area contributed by atoms with E-state index in [0.29, 0.717) is 17.9 Å². The van der Waals surface area contributed by atoms with Crippen molar-refractivity contribution in [3.05, 3.63) is 23.8 Å². The minimum absolute atomic E-state index is 0.138. The number of nitrogens with zero attached hydrogens (tertiary/aromatic N) is 2. The van der Waals surface area contributed by atoms with E-state index in [1.807, 2.05) is 12.1 Å². The fraction of sp³-hybridized carbons (Fsp3) is 0.462. The smallest absolute Gasteiger partial charge is 0.101 e. The van der Waals surface area contributed by atoms with Gasteiger partial charge in [-0.25, -0.2) is 0 Å². The first-order valence-corrected chi connectivity index (χ1v) is 5.70. The SMILES string of the molecule is CC1(C)CN(c2ccc(C#N)c(N)c2)CCO1. The number of nitrogens with two attached hydrogens (primary N) is 1. The number of nitrogen functional groups attached to an aromatic ring is 1. The van der Waals surface area contributed by atoms with Crippen LogP contribution in [0, 0.1) is 11.3 Å². The van der Waals surface area contributed by atoms with E-state index >= 15 is 0 Å². The van der Waals surface area contributed by atoms with Gasteiger partial charge in [0.2, 0.25) is 0 Å². The summed E-state index contributed by atoms with van der Waals surface area (Å²) in [5, 5.41) is 8.84. The van der Waals surface area contributed by atoms with Crippen molar-refractivity contribution < 1.29 is 4.74 Å². The molecule has 4 heteroatoms. The highest BCUT2D eigenvalue weighted by Gasteiger charge is 2.27. The number of ether oxygens (including phenoxy) is 1. The maximum Gasteiger partial charge on any atom is 0.101 e. The molecule has 2 rings (SSSR count). The van der Waals surface area contributed by atoms with E-state index in [1.54, 1.807) is 6.07 Å². The van der Waals surface area contributed by atoms with E-state index in [4.69, 9.17) is 15.7 Å². The van der Waals surface area contributed by atoms with Crippen molar-refractivity contribution in [1.82, 2.24) is 0 Å². The Bertz CT molecular complexity index is 462. The third-order valence-electron chi connectivity index (χ3n) is 2.95. The summed E-state index contributed by atoms with van der Waals surface area (Å²) in [7, 11) is 0. The summed E-state index contributed by atoms with van der Waals surface area (Å²) in [4.78, 5) is 2.24. The van der Waals surface area contributed by atoms with E-state index in [1.165, 1.54) is 0 Å². The molecule has 0 spiro atoms. The van der Waals surface area contributed by atoms with Crippen molar-refractivity contribution in [3.63, 3.8) is 0 Å². The Morgan fingerprint density at radius 1 is 1.47 bits per heavy atom. The second-order valence-electron chi connectivity index (χ2n) is 4.91. The Kier molecular flexibility index (Phi) is 2.95. The molecule has 0 aliphatic carbocycles. The Morgan fingerprint density at radius 3 is 2.82 bits per heavy atom. The second-order valence-corrected chi connectivity index (χ2v) is 4.91. The number of nitriles is 1. The first kappa shape index (κ1) is 11.7. The molecule has 17 heavy (non-hydrogen) atoms. The molecule has 0 radical (unpaired) electrons. The van der Waals surface area contributed by atoms with Crippen molar-refractivity contribution in [3.8, 4) is 6.07 Å². The predicted molar refractivity (Wildman–Crippen MR) is 67.8 cm³/mol. The zero-order valence-electron chi connectivity index (χ0n) is 10.2. The van der Waals surface area contributed by atoms with Crippen LogP contribution in [0.2, 0.25) is 0 Å². The molecular formula is C13H17N3O. The number of anilines is 2. The number of hydrogen-bond donors (Lipinski definition) is 1. The van der Waals surface area contributed by atoms with Gasteiger partial charge in [-0.05, 0) is 32.0 Å². The van der Waals surface area contributed by atoms with Crippen LogP contribution in [-0.2, 0) is 4.74 Å². The topological polar surface area (TPSA) is 62.3 Å². The molecule has 1 aromatic rings. The molecule has 0 amide bonds. The third kappa shape index (κ3) is 2.51. The quantitative estimate of drug-likeness (QED) is 0.748. The molecule has 0 bridgehead atoms. The molecule has 0 aromatic heterocycles. The molecule has 0 atom stereocenters. The Labute approximate surface area is 102 Å². The molecule has 0 unspecified atom stereocenters. The van der Waals surface area contributed by atoms with Gasteiger partial charge in [-0.1, -0.05) is 0 Å². The van der Waals surface area contributed by atoms with Crippen LogP contribution < -0.4 is 10.6 Å². The maximum absolute atomic E-state index is 8.84. The Morgan fingerprint density at radius 2 is 2.24 bits per heavy atom. The molecule has 1 aliphatic heterocycles. The maximum atomic E-state index is 8.84. The van der Waals surface area contributed by atoms with Crippen LogP contribution in [0.1, 0.15) is 19.4 Å². The van der Waals surface area contributed by atoms with Gasteiger partial charge in [-0.15, -0.1) is 0 Å². The lowest BCUT2D eigenvalue weighted by molar-refractivity contribution is -0.0276. The van der Waals surface area contributed by atoms with Gasteiger partial charge < -0.3 is 15.4 Å². The van der Waals surface area contributed by atoms with E-state index in [2.05, 4.69) is 24.8 Å². The van der Waals surface area contributed by atoms with E-state index < -0.39 is 0 Å². The van der Waals surface area contributed by atoms with Gasteiger partial charge in [0.05, 0.1) is 23.5 Å². The lowest BCUT2D eigenvalue weighted by atomic mass is 10.1. The van der Waals surface area contributed by atoms with Gasteiger partial charge in [0, 0.05) is 18.8 Å². The van der Waals surface area contributed by atoms with Crippen molar-refractivity contribution in [2.24, 2.45) is 0 Å². The van der Waals surface area contributed by atoms with E-state index in [-0.39, 0.29) is 5.60 Å². The molecular weight excluding hydrogens is 214 g/mol. The molecule has 0 saturated carbocycles. The lowest BCUT2D eigenvalue weighted by Gasteiger charge is -2.39. The Balaban J connectivity index is 2.23. The van der Waals surface area contributed by atoms with Crippen LogP contribution in [0.3, 0.4) is 0 Å². The first-order valence-electron chi connectivity index (χ1n) is 5.70. The summed E-state index contributed by atoms with van der Waals surface area (Å²) < 4.78 is 5.67. The van der Waals surface area contributed by atoms with Crippen LogP contribution in [0.15, 0.2) is 18.2 Å². The fourth-order valence-corrected chi connectivity index (χ4v) is 2.09. The van der Waals surface area contributed by atoms with Gasteiger partial charge >= 0.3 is 0 Å². The van der Waals surface area contributed by atoms with Gasteiger partial charge in [0.25, 0.3) is 0 Å². The predicted octanol–water partition coefficient (Wildman–Crippen LogP) is 1.76. The summed E-state index contributed by atoms with van der Waals surface area (Å²) in [6, 6.07) is 7.65. The summed E-state index contributed by atoms with van der Waals surface area (Å²) >= 11 is 0. The number of morpholine rings is 1. The van der Waals surface area contributed by atoms with Crippen molar-refractivity contribution in [1.29, 1.82) is 5.26 Å².